The highest BCUT2D eigenvalue weighted by atomic mass is 79.9. The van der Waals surface area contributed by atoms with Crippen LogP contribution in [-0.4, -0.2) is 30.4 Å². The van der Waals surface area contributed by atoms with Crippen molar-refractivity contribution in [3.63, 3.8) is 0 Å². The van der Waals surface area contributed by atoms with Gasteiger partial charge in [-0.25, -0.2) is 0 Å². The minimum atomic E-state index is -0.392. The standard InChI is InChI=1S/C22H20BrNO3/c1-2-27-22(26)17-13-20(21(25)15-7-10-16(23)11-8-15)24-18-6-4-3-5-14(18)9-12-19(17)24/h3-12,17,19-20H,2,13H2,1H3/t17-,19-,20+/m0/s1. The minimum Gasteiger partial charge on any atom is -0.466 e. The fourth-order valence-electron chi connectivity index (χ4n) is 4.04. The Morgan fingerprint density at radius 2 is 1.89 bits per heavy atom. The summed E-state index contributed by atoms with van der Waals surface area (Å²) in [5, 5.41) is 0. The molecule has 4 nitrogen and oxygen atoms in total. The molecular weight excluding hydrogens is 406 g/mol. The van der Waals surface area contributed by atoms with Crippen LogP contribution in [0.25, 0.3) is 6.08 Å². The van der Waals surface area contributed by atoms with Gasteiger partial charge in [0.15, 0.2) is 5.78 Å². The van der Waals surface area contributed by atoms with Crippen molar-refractivity contribution in [3.8, 4) is 0 Å². The monoisotopic (exact) mass is 425 g/mol. The molecule has 1 fully saturated rings. The van der Waals surface area contributed by atoms with Gasteiger partial charge in [-0.1, -0.05) is 58.4 Å². The second-order valence-corrected chi connectivity index (χ2v) is 7.71. The smallest absolute Gasteiger partial charge is 0.311 e. The second-order valence-electron chi connectivity index (χ2n) is 6.80. The molecule has 5 heteroatoms. The van der Waals surface area contributed by atoms with Crippen LogP contribution in [0.15, 0.2) is 59.1 Å². The molecule has 0 aliphatic carbocycles. The van der Waals surface area contributed by atoms with Crippen LogP contribution in [0.5, 0.6) is 0 Å². The molecule has 3 atom stereocenters. The van der Waals surface area contributed by atoms with Crippen molar-refractivity contribution >= 4 is 39.4 Å². The number of hydrogen-bond donors (Lipinski definition) is 0. The lowest BCUT2D eigenvalue weighted by Gasteiger charge is -2.35. The zero-order chi connectivity index (χ0) is 19.0. The van der Waals surface area contributed by atoms with Crippen molar-refractivity contribution in [3.05, 3.63) is 70.2 Å². The lowest BCUT2D eigenvalue weighted by Crippen LogP contribution is -2.43. The van der Waals surface area contributed by atoms with Crippen molar-refractivity contribution in [2.45, 2.75) is 25.4 Å². The van der Waals surface area contributed by atoms with E-state index in [0.29, 0.717) is 18.6 Å². The fourth-order valence-corrected chi connectivity index (χ4v) is 4.31. The summed E-state index contributed by atoms with van der Waals surface area (Å²) < 4.78 is 6.22. The van der Waals surface area contributed by atoms with Crippen molar-refractivity contribution in [2.75, 3.05) is 11.5 Å². The summed E-state index contributed by atoms with van der Waals surface area (Å²) in [5.74, 6) is -0.550. The normalized spacial score (nSPS) is 22.9. The van der Waals surface area contributed by atoms with E-state index < -0.39 is 6.04 Å². The second kappa shape index (κ2) is 7.31. The SMILES string of the molecule is CCOC(=O)[C@H]1C[C@H](C(=O)c2ccc(Br)cc2)N2c3ccccc3C=C[C@@H]12. The molecule has 1 saturated heterocycles. The molecule has 4 rings (SSSR count). The van der Waals surface area contributed by atoms with Crippen LogP contribution >= 0.6 is 15.9 Å². The summed E-state index contributed by atoms with van der Waals surface area (Å²) in [6.07, 6.45) is 4.52. The highest BCUT2D eigenvalue weighted by molar-refractivity contribution is 9.10. The molecule has 0 amide bonds. The molecule has 0 saturated carbocycles. The molecule has 138 valence electrons. The zero-order valence-electron chi connectivity index (χ0n) is 15.0. The van der Waals surface area contributed by atoms with Crippen molar-refractivity contribution in [2.24, 2.45) is 5.92 Å². The molecular formula is C22H20BrNO3. The lowest BCUT2D eigenvalue weighted by atomic mass is 9.95. The van der Waals surface area contributed by atoms with Gasteiger partial charge in [0.05, 0.1) is 24.6 Å². The van der Waals surface area contributed by atoms with E-state index >= 15 is 0 Å². The maximum absolute atomic E-state index is 13.3. The van der Waals surface area contributed by atoms with E-state index in [4.69, 9.17) is 4.74 Å². The van der Waals surface area contributed by atoms with Crippen LogP contribution in [0.2, 0.25) is 0 Å². The van der Waals surface area contributed by atoms with Gasteiger partial charge in [0, 0.05) is 15.7 Å². The number of nitrogens with zero attached hydrogens (tertiary/aromatic N) is 1. The number of ketones is 1. The summed E-state index contributed by atoms with van der Waals surface area (Å²) in [6, 6.07) is 14.8. The molecule has 2 aliphatic rings. The Hall–Kier alpha value is -2.40. The van der Waals surface area contributed by atoms with E-state index in [9.17, 15) is 9.59 Å². The van der Waals surface area contributed by atoms with E-state index in [2.05, 4.69) is 20.8 Å². The van der Waals surface area contributed by atoms with Gasteiger partial charge in [-0.2, -0.15) is 0 Å². The number of carbonyl (C=O) groups is 2. The third-order valence-electron chi connectivity index (χ3n) is 5.26. The largest absolute Gasteiger partial charge is 0.466 e. The quantitative estimate of drug-likeness (QED) is 0.534. The van der Waals surface area contributed by atoms with Crippen molar-refractivity contribution in [1.82, 2.24) is 0 Å². The molecule has 0 spiro atoms. The molecule has 2 aliphatic heterocycles. The molecule has 0 aromatic heterocycles. The van der Waals surface area contributed by atoms with E-state index in [1.807, 2.05) is 60.7 Å². The third-order valence-corrected chi connectivity index (χ3v) is 5.78. The zero-order valence-corrected chi connectivity index (χ0v) is 16.6. The van der Waals surface area contributed by atoms with Gasteiger partial charge in [-0.15, -0.1) is 0 Å². The highest BCUT2D eigenvalue weighted by Crippen LogP contribution is 2.42. The topological polar surface area (TPSA) is 46.6 Å². The maximum Gasteiger partial charge on any atom is 0.311 e. The first-order chi connectivity index (χ1) is 13.1. The number of carbonyl (C=O) groups excluding carboxylic acids is 2. The van der Waals surface area contributed by atoms with E-state index in [1.54, 1.807) is 6.92 Å². The number of ether oxygens (including phenoxy) is 1. The first kappa shape index (κ1) is 18.0. The molecule has 0 N–H and O–H groups in total. The summed E-state index contributed by atoms with van der Waals surface area (Å²) in [5.41, 5.74) is 2.71. The molecule has 2 aromatic rings. The Bertz CT molecular complexity index is 906. The number of anilines is 1. The van der Waals surface area contributed by atoms with E-state index in [-0.39, 0.29) is 23.7 Å². The Kier molecular flexibility index (Phi) is 4.87. The summed E-state index contributed by atoms with van der Waals surface area (Å²) in [7, 11) is 0. The Balaban J connectivity index is 1.74. The highest BCUT2D eigenvalue weighted by Gasteiger charge is 2.48. The van der Waals surface area contributed by atoms with Gasteiger partial charge in [0.1, 0.15) is 0 Å². The summed E-state index contributed by atoms with van der Waals surface area (Å²) in [6.45, 7) is 2.15. The first-order valence-electron chi connectivity index (χ1n) is 9.12. The van der Waals surface area contributed by atoms with Crippen LogP contribution in [0, 0.1) is 5.92 Å². The molecule has 2 aromatic carbocycles. The number of hydrogen-bond acceptors (Lipinski definition) is 4. The number of rotatable bonds is 4. The van der Waals surface area contributed by atoms with Crippen LogP contribution in [0.4, 0.5) is 5.69 Å². The van der Waals surface area contributed by atoms with Gasteiger partial charge in [0.2, 0.25) is 0 Å². The summed E-state index contributed by atoms with van der Waals surface area (Å²) in [4.78, 5) is 28.0. The molecule has 2 heterocycles. The number of benzene rings is 2. The van der Waals surface area contributed by atoms with Crippen LogP contribution in [0.3, 0.4) is 0 Å². The minimum absolute atomic E-state index is 0.0319. The number of halogens is 1. The number of esters is 1. The summed E-state index contributed by atoms with van der Waals surface area (Å²) >= 11 is 3.41. The number of Topliss-reactive ketones (excluding diaryl/α,β-unsaturated/α-hetero) is 1. The van der Waals surface area contributed by atoms with E-state index in [0.717, 1.165) is 15.7 Å². The maximum atomic E-state index is 13.3. The van der Waals surface area contributed by atoms with Gasteiger partial charge < -0.3 is 9.64 Å². The average molecular weight is 426 g/mol. The molecule has 0 bridgehead atoms. The predicted molar refractivity (Wildman–Crippen MR) is 109 cm³/mol. The number of para-hydroxylation sites is 1. The van der Waals surface area contributed by atoms with Gasteiger partial charge >= 0.3 is 5.97 Å². The van der Waals surface area contributed by atoms with E-state index in [1.165, 1.54) is 0 Å². The average Bonchev–Trinajstić information content (AvgIpc) is 3.08. The number of fused-ring (bicyclic) bond motifs is 3. The van der Waals surface area contributed by atoms with Crippen LogP contribution in [0.1, 0.15) is 29.3 Å². The van der Waals surface area contributed by atoms with Crippen LogP contribution in [-0.2, 0) is 9.53 Å². The van der Waals surface area contributed by atoms with Crippen molar-refractivity contribution < 1.29 is 14.3 Å². The van der Waals surface area contributed by atoms with Gasteiger partial charge in [-0.05, 0) is 37.1 Å². The lowest BCUT2D eigenvalue weighted by molar-refractivity contribution is -0.147. The Labute approximate surface area is 167 Å². The molecule has 0 unspecified atom stereocenters. The molecule has 27 heavy (non-hydrogen) atoms. The Morgan fingerprint density at radius 1 is 1.15 bits per heavy atom. The third kappa shape index (κ3) is 3.21. The van der Waals surface area contributed by atoms with Gasteiger partial charge in [-0.3, -0.25) is 9.59 Å². The van der Waals surface area contributed by atoms with Crippen LogP contribution < -0.4 is 4.90 Å². The van der Waals surface area contributed by atoms with Gasteiger partial charge in [0.25, 0.3) is 0 Å². The predicted octanol–water partition coefficient (Wildman–Crippen LogP) is 4.49. The molecule has 0 radical (unpaired) electrons. The fraction of sp³-hybridized carbons (Fsp3) is 0.273. The van der Waals surface area contributed by atoms with Crippen molar-refractivity contribution in [1.29, 1.82) is 0 Å². The Morgan fingerprint density at radius 3 is 2.63 bits per heavy atom. The first-order valence-corrected chi connectivity index (χ1v) is 9.91.